The van der Waals surface area contributed by atoms with Crippen LogP contribution in [0.4, 0.5) is 0 Å². The van der Waals surface area contributed by atoms with Crippen LogP contribution in [0.3, 0.4) is 0 Å². The van der Waals surface area contributed by atoms with Crippen molar-refractivity contribution in [1.82, 2.24) is 5.06 Å². The first-order valence-electron chi connectivity index (χ1n) is 3.09. The Morgan fingerprint density at radius 1 is 1.67 bits per heavy atom. The van der Waals surface area contributed by atoms with Crippen LogP contribution >= 0.6 is 0 Å². The summed E-state index contributed by atoms with van der Waals surface area (Å²) in [7, 11) is 0. The van der Waals surface area contributed by atoms with E-state index in [2.05, 4.69) is 10.0 Å². The summed E-state index contributed by atoms with van der Waals surface area (Å²) in [5, 5.41) is 13.0. The normalized spacial score (nSPS) is 29.3. The lowest BCUT2D eigenvalue weighted by Crippen LogP contribution is -2.26. The minimum atomic E-state index is 0.358. The molecule has 0 aromatic heterocycles. The Labute approximate surface area is 53.8 Å². The van der Waals surface area contributed by atoms with Gasteiger partial charge in [0.15, 0.2) is 0 Å². The van der Waals surface area contributed by atoms with Crippen LogP contribution in [0.5, 0.6) is 0 Å². The van der Waals surface area contributed by atoms with Gasteiger partial charge in [-0.1, -0.05) is 5.04 Å². The monoisotopic (exact) mass is 133 g/mol. The van der Waals surface area contributed by atoms with E-state index in [1.54, 1.807) is 5.06 Å². The van der Waals surface area contributed by atoms with Crippen LogP contribution in [0.25, 0.3) is 0 Å². The van der Waals surface area contributed by atoms with Gasteiger partial charge in [0.05, 0.1) is 0 Å². The van der Waals surface area contributed by atoms with Crippen molar-refractivity contribution >= 4 is 0 Å². The maximum absolute atomic E-state index is 7.88. The highest BCUT2D eigenvalue weighted by molar-refractivity contribution is 4.67. The Bertz CT molecular complexity index is 88.3. The lowest BCUT2D eigenvalue weighted by molar-refractivity contribution is -0.567. The van der Waals surface area contributed by atoms with E-state index < -0.39 is 0 Å². The third kappa shape index (κ3) is 1.62. The van der Waals surface area contributed by atoms with Crippen LogP contribution < -0.4 is 0 Å². The molecule has 1 heterocycles. The molecule has 1 unspecified atom stereocenters. The van der Waals surface area contributed by atoms with Crippen molar-refractivity contribution in [2.45, 2.75) is 25.8 Å². The zero-order valence-electron chi connectivity index (χ0n) is 5.41. The molecule has 0 saturated carbocycles. The SMILES string of the molecule is CC1CCCN1OOO. The van der Waals surface area contributed by atoms with Gasteiger partial charge in [0.1, 0.15) is 0 Å². The fraction of sp³-hybridized carbons (Fsp3) is 1.00. The largest absolute Gasteiger partial charge is 0.220 e. The molecule has 1 rings (SSSR count). The number of rotatable bonds is 2. The van der Waals surface area contributed by atoms with E-state index in [0.29, 0.717) is 6.04 Å². The number of hydrogen-bond donors (Lipinski definition) is 1. The second kappa shape index (κ2) is 3.12. The highest BCUT2D eigenvalue weighted by Gasteiger charge is 2.21. The Morgan fingerprint density at radius 3 is 2.89 bits per heavy atom. The first kappa shape index (κ1) is 6.95. The molecule has 54 valence electrons. The molecule has 1 aliphatic heterocycles. The summed E-state index contributed by atoms with van der Waals surface area (Å²) in [4.78, 5) is 4.40. The van der Waals surface area contributed by atoms with Gasteiger partial charge in [0.2, 0.25) is 0 Å². The zero-order chi connectivity index (χ0) is 6.69. The average molecular weight is 133 g/mol. The van der Waals surface area contributed by atoms with Gasteiger partial charge in [0, 0.05) is 12.6 Å². The first-order chi connectivity index (χ1) is 4.34. The van der Waals surface area contributed by atoms with Gasteiger partial charge in [0.25, 0.3) is 0 Å². The average Bonchev–Trinajstić information content (AvgIpc) is 2.18. The molecule has 1 fully saturated rings. The van der Waals surface area contributed by atoms with Crippen LogP contribution in [0.1, 0.15) is 19.8 Å². The molecule has 1 saturated heterocycles. The molecule has 4 heteroatoms. The van der Waals surface area contributed by atoms with Crippen LogP contribution in [-0.2, 0) is 10.0 Å². The molecule has 0 aromatic carbocycles. The lowest BCUT2D eigenvalue weighted by Gasteiger charge is -2.14. The van der Waals surface area contributed by atoms with Gasteiger partial charge in [-0.3, -0.25) is 0 Å². The topological polar surface area (TPSA) is 41.9 Å². The van der Waals surface area contributed by atoms with Crippen molar-refractivity contribution in [2.24, 2.45) is 0 Å². The van der Waals surface area contributed by atoms with Crippen LogP contribution in [-0.4, -0.2) is 22.9 Å². The van der Waals surface area contributed by atoms with Gasteiger partial charge >= 0.3 is 0 Å². The van der Waals surface area contributed by atoms with Crippen LogP contribution in [0.15, 0.2) is 0 Å². The fourth-order valence-electron chi connectivity index (χ4n) is 1.06. The Kier molecular flexibility index (Phi) is 2.41. The van der Waals surface area contributed by atoms with Crippen molar-refractivity contribution in [3.05, 3.63) is 0 Å². The van der Waals surface area contributed by atoms with Gasteiger partial charge in [-0.15, -0.1) is 4.99 Å². The molecular formula is C5H11NO3. The maximum atomic E-state index is 7.88. The molecule has 0 spiro atoms. The van der Waals surface area contributed by atoms with E-state index in [1.807, 2.05) is 6.92 Å². The van der Waals surface area contributed by atoms with Gasteiger partial charge in [-0.25, -0.2) is 5.26 Å². The van der Waals surface area contributed by atoms with E-state index in [9.17, 15) is 0 Å². The summed E-state index contributed by atoms with van der Waals surface area (Å²) in [6.45, 7) is 2.85. The molecule has 1 aliphatic rings. The summed E-state index contributed by atoms with van der Waals surface area (Å²) in [5.74, 6) is 0. The summed E-state index contributed by atoms with van der Waals surface area (Å²) >= 11 is 0. The molecule has 0 radical (unpaired) electrons. The molecular weight excluding hydrogens is 122 g/mol. The Morgan fingerprint density at radius 2 is 2.44 bits per heavy atom. The molecule has 0 aromatic rings. The third-order valence-electron chi connectivity index (χ3n) is 1.62. The lowest BCUT2D eigenvalue weighted by atomic mass is 10.3. The quantitative estimate of drug-likeness (QED) is 0.447. The van der Waals surface area contributed by atoms with E-state index >= 15 is 0 Å². The molecule has 1 N–H and O–H groups in total. The first-order valence-corrected chi connectivity index (χ1v) is 3.09. The second-order valence-electron chi connectivity index (χ2n) is 2.28. The third-order valence-corrected chi connectivity index (χ3v) is 1.62. The Balaban J connectivity index is 2.22. The molecule has 4 nitrogen and oxygen atoms in total. The highest BCUT2D eigenvalue weighted by Crippen LogP contribution is 2.15. The Hall–Kier alpha value is -0.160. The smallest absolute Gasteiger partial charge is 0.0356 e. The molecule has 0 bridgehead atoms. The summed E-state index contributed by atoms with van der Waals surface area (Å²) in [6.07, 6.45) is 2.20. The molecule has 0 aliphatic carbocycles. The standard InChI is InChI=1S/C5H11NO3/c1-5-3-2-4-6(5)8-9-7/h5,7H,2-4H2,1H3. The van der Waals surface area contributed by atoms with Gasteiger partial charge in [-0.05, 0) is 19.8 Å². The second-order valence-corrected chi connectivity index (χ2v) is 2.28. The van der Waals surface area contributed by atoms with Crippen molar-refractivity contribution in [3.8, 4) is 0 Å². The molecule has 9 heavy (non-hydrogen) atoms. The number of nitrogens with zero attached hydrogens (tertiary/aromatic N) is 1. The van der Waals surface area contributed by atoms with Gasteiger partial charge < -0.3 is 0 Å². The highest BCUT2D eigenvalue weighted by atomic mass is 17.5. The maximum Gasteiger partial charge on any atom is 0.0356 e. The zero-order valence-corrected chi connectivity index (χ0v) is 5.41. The predicted molar refractivity (Wildman–Crippen MR) is 30.2 cm³/mol. The van der Waals surface area contributed by atoms with E-state index in [1.165, 1.54) is 0 Å². The van der Waals surface area contributed by atoms with Gasteiger partial charge in [-0.2, -0.15) is 5.06 Å². The molecule has 1 atom stereocenters. The van der Waals surface area contributed by atoms with Crippen molar-refractivity contribution in [1.29, 1.82) is 0 Å². The van der Waals surface area contributed by atoms with Crippen molar-refractivity contribution in [2.75, 3.05) is 6.54 Å². The summed E-state index contributed by atoms with van der Waals surface area (Å²) < 4.78 is 0. The summed E-state index contributed by atoms with van der Waals surface area (Å²) in [5.41, 5.74) is 0. The van der Waals surface area contributed by atoms with Crippen LogP contribution in [0, 0.1) is 0 Å². The minimum absolute atomic E-state index is 0.358. The number of hydroxylamine groups is 2. The predicted octanol–water partition coefficient (Wildman–Crippen LogP) is 0.807. The van der Waals surface area contributed by atoms with E-state index in [4.69, 9.17) is 5.26 Å². The summed E-state index contributed by atoms with van der Waals surface area (Å²) in [6, 6.07) is 0.358. The number of hydrogen-bond acceptors (Lipinski definition) is 4. The van der Waals surface area contributed by atoms with E-state index in [-0.39, 0.29) is 0 Å². The van der Waals surface area contributed by atoms with Crippen molar-refractivity contribution < 1.29 is 15.3 Å². The molecule has 0 amide bonds. The van der Waals surface area contributed by atoms with Crippen molar-refractivity contribution in [3.63, 3.8) is 0 Å². The van der Waals surface area contributed by atoms with Crippen LogP contribution in [0.2, 0.25) is 0 Å². The fourth-order valence-corrected chi connectivity index (χ4v) is 1.06. The van der Waals surface area contributed by atoms with E-state index in [0.717, 1.165) is 19.4 Å². The minimum Gasteiger partial charge on any atom is -0.220 e.